The van der Waals surface area contributed by atoms with Crippen LogP contribution in [-0.2, 0) is 17.8 Å². The second kappa shape index (κ2) is 7.38. The quantitative estimate of drug-likeness (QED) is 0.541. The van der Waals surface area contributed by atoms with Crippen LogP contribution >= 0.6 is 0 Å². The first kappa shape index (κ1) is 19.5. The molecule has 0 aliphatic heterocycles. The van der Waals surface area contributed by atoms with Gasteiger partial charge in [-0.3, -0.25) is 9.48 Å². The smallest absolute Gasteiger partial charge is 0.242 e. The molecule has 1 atom stereocenters. The number of rotatable bonds is 4. The summed E-state index contributed by atoms with van der Waals surface area (Å²) >= 11 is 0. The maximum atomic E-state index is 13.0. The van der Waals surface area contributed by atoms with Crippen LogP contribution in [0.2, 0.25) is 0 Å². The number of aryl methyl sites for hydroxylation is 1. The van der Waals surface area contributed by atoms with Gasteiger partial charge in [-0.1, -0.05) is 49.7 Å². The lowest BCUT2D eigenvalue weighted by Gasteiger charge is -2.36. The van der Waals surface area contributed by atoms with Crippen LogP contribution in [0.1, 0.15) is 43.1 Å². The third-order valence-corrected chi connectivity index (χ3v) is 6.14. The van der Waals surface area contributed by atoms with Gasteiger partial charge in [0.2, 0.25) is 5.91 Å². The SMILES string of the molecule is Cc1ccc(-n2ncc3c2CC(C)(C)CC3NC(=O)Cn2ncc3ccccc32)cc1. The van der Waals surface area contributed by atoms with E-state index in [1.807, 2.05) is 35.1 Å². The third kappa shape index (κ3) is 3.74. The Balaban J connectivity index is 1.41. The predicted molar refractivity (Wildman–Crippen MR) is 121 cm³/mol. The van der Waals surface area contributed by atoms with Crippen molar-refractivity contribution in [2.24, 2.45) is 5.41 Å². The molecule has 158 valence electrons. The highest BCUT2D eigenvalue weighted by atomic mass is 16.2. The molecule has 1 amide bonds. The van der Waals surface area contributed by atoms with Crippen LogP contribution in [0.25, 0.3) is 16.6 Å². The van der Waals surface area contributed by atoms with E-state index in [1.54, 1.807) is 10.9 Å². The zero-order chi connectivity index (χ0) is 21.6. The summed E-state index contributed by atoms with van der Waals surface area (Å²) < 4.78 is 3.78. The fraction of sp³-hybridized carbons (Fsp3) is 0.320. The first-order valence-electron chi connectivity index (χ1n) is 10.7. The highest BCUT2D eigenvalue weighted by Crippen LogP contribution is 2.41. The van der Waals surface area contributed by atoms with E-state index < -0.39 is 0 Å². The molecule has 2 heterocycles. The van der Waals surface area contributed by atoms with Crippen molar-refractivity contribution in [2.45, 2.75) is 46.2 Å². The van der Waals surface area contributed by atoms with Crippen LogP contribution in [0.4, 0.5) is 0 Å². The Hall–Kier alpha value is -3.41. The molecule has 0 spiro atoms. The van der Waals surface area contributed by atoms with Crippen molar-refractivity contribution < 1.29 is 4.79 Å². The highest BCUT2D eigenvalue weighted by molar-refractivity contribution is 5.82. The number of benzene rings is 2. The van der Waals surface area contributed by atoms with E-state index in [0.717, 1.165) is 35.0 Å². The molecule has 2 aromatic heterocycles. The monoisotopic (exact) mass is 413 g/mol. The number of hydrogen-bond donors (Lipinski definition) is 1. The number of carbonyl (C=O) groups excluding carboxylic acids is 1. The van der Waals surface area contributed by atoms with Crippen LogP contribution < -0.4 is 5.32 Å². The number of carbonyl (C=O) groups is 1. The van der Waals surface area contributed by atoms with Crippen molar-refractivity contribution in [3.8, 4) is 5.69 Å². The van der Waals surface area contributed by atoms with Gasteiger partial charge in [-0.15, -0.1) is 0 Å². The zero-order valence-corrected chi connectivity index (χ0v) is 18.2. The highest BCUT2D eigenvalue weighted by Gasteiger charge is 2.36. The maximum Gasteiger partial charge on any atom is 0.242 e. The fourth-order valence-corrected chi connectivity index (χ4v) is 4.61. The Bertz CT molecular complexity index is 1250. The van der Waals surface area contributed by atoms with Crippen molar-refractivity contribution in [1.29, 1.82) is 0 Å². The summed E-state index contributed by atoms with van der Waals surface area (Å²) in [6, 6.07) is 16.3. The van der Waals surface area contributed by atoms with Gasteiger partial charge in [0.05, 0.1) is 35.3 Å². The van der Waals surface area contributed by atoms with E-state index in [9.17, 15) is 4.79 Å². The average Bonchev–Trinajstić information content (AvgIpc) is 3.32. The molecule has 0 bridgehead atoms. The second-order valence-electron chi connectivity index (χ2n) is 9.32. The number of nitrogens with zero attached hydrogens (tertiary/aromatic N) is 4. The Morgan fingerprint density at radius 1 is 1.10 bits per heavy atom. The lowest BCUT2D eigenvalue weighted by atomic mass is 9.74. The standard InChI is InChI=1S/C25H27N5O/c1-17-8-10-19(11-9-17)30-23-13-25(2,3)12-21(20(23)15-27-30)28-24(31)16-29-22-7-5-4-6-18(22)14-26-29/h4-11,14-15,21H,12-13,16H2,1-3H3,(H,28,31). The second-order valence-corrected chi connectivity index (χ2v) is 9.32. The summed E-state index contributed by atoms with van der Waals surface area (Å²) in [6.45, 7) is 6.79. The van der Waals surface area contributed by atoms with E-state index >= 15 is 0 Å². The average molecular weight is 414 g/mol. The Labute approximate surface area is 181 Å². The maximum absolute atomic E-state index is 13.0. The van der Waals surface area contributed by atoms with E-state index in [-0.39, 0.29) is 23.9 Å². The normalized spacial score (nSPS) is 17.5. The molecule has 1 aliphatic rings. The molecule has 6 heteroatoms. The summed E-state index contributed by atoms with van der Waals surface area (Å²) in [5.74, 6) is -0.0365. The number of para-hydroxylation sites is 1. The number of nitrogens with one attached hydrogen (secondary N) is 1. The number of aromatic nitrogens is 4. The van der Waals surface area contributed by atoms with E-state index in [2.05, 4.69) is 60.6 Å². The lowest BCUT2D eigenvalue weighted by molar-refractivity contribution is -0.122. The summed E-state index contributed by atoms with van der Waals surface area (Å²) in [4.78, 5) is 13.0. The van der Waals surface area contributed by atoms with Gasteiger partial charge in [0, 0.05) is 10.9 Å². The Morgan fingerprint density at radius 3 is 2.68 bits per heavy atom. The van der Waals surface area contributed by atoms with E-state index in [1.165, 1.54) is 11.3 Å². The minimum atomic E-state index is -0.0627. The molecular formula is C25H27N5O. The topological polar surface area (TPSA) is 64.7 Å². The number of amides is 1. The molecule has 1 aliphatic carbocycles. The van der Waals surface area contributed by atoms with Crippen molar-refractivity contribution in [3.63, 3.8) is 0 Å². The fourth-order valence-electron chi connectivity index (χ4n) is 4.61. The minimum absolute atomic E-state index is 0.0365. The summed E-state index contributed by atoms with van der Waals surface area (Å²) in [7, 11) is 0. The molecular weight excluding hydrogens is 386 g/mol. The van der Waals surface area contributed by atoms with Gasteiger partial charge in [-0.05, 0) is 43.4 Å². The van der Waals surface area contributed by atoms with Crippen molar-refractivity contribution in [2.75, 3.05) is 0 Å². The molecule has 0 fully saturated rings. The molecule has 0 saturated carbocycles. The van der Waals surface area contributed by atoms with Crippen LogP contribution in [0, 0.1) is 12.3 Å². The van der Waals surface area contributed by atoms with Gasteiger partial charge in [-0.2, -0.15) is 10.2 Å². The van der Waals surface area contributed by atoms with Gasteiger partial charge >= 0.3 is 0 Å². The van der Waals surface area contributed by atoms with Crippen molar-refractivity contribution in [3.05, 3.63) is 77.7 Å². The molecule has 0 saturated heterocycles. The third-order valence-electron chi connectivity index (χ3n) is 6.14. The summed E-state index contributed by atoms with van der Waals surface area (Å²) in [5, 5.41) is 13.4. The largest absolute Gasteiger partial charge is 0.348 e. The molecule has 0 radical (unpaired) electrons. The summed E-state index contributed by atoms with van der Waals surface area (Å²) in [5.41, 5.74) is 5.59. The molecule has 4 aromatic rings. The lowest BCUT2D eigenvalue weighted by Crippen LogP contribution is -2.38. The van der Waals surface area contributed by atoms with Crippen LogP contribution in [0.5, 0.6) is 0 Å². The number of fused-ring (bicyclic) bond motifs is 2. The van der Waals surface area contributed by atoms with Crippen molar-refractivity contribution >= 4 is 16.8 Å². The molecule has 2 aromatic carbocycles. The van der Waals surface area contributed by atoms with Crippen LogP contribution in [0.15, 0.2) is 60.9 Å². The first-order chi connectivity index (χ1) is 14.9. The first-order valence-corrected chi connectivity index (χ1v) is 10.7. The molecule has 5 rings (SSSR count). The summed E-state index contributed by atoms with van der Waals surface area (Å²) in [6.07, 6.45) is 5.52. The van der Waals surface area contributed by atoms with Gasteiger partial charge in [-0.25, -0.2) is 4.68 Å². The number of hydrogen-bond acceptors (Lipinski definition) is 3. The molecule has 1 unspecified atom stereocenters. The Morgan fingerprint density at radius 2 is 1.87 bits per heavy atom. The van der Waals surface area contributed by atoms with Gasteiger partial charge in [0.15, 0.2) is 0 Å². The van der Waals surface area contributed by atoms with E-state index in [0.29, 0.717) is 0 Å². The van der Waals surface area contributed by atoms with Crippen LogP contribution in [-0.4, -0.2) is 25.5 Å². The molecule has 31 heavy (non-hydrogen) atoms. The van der Waals surface area contributed by atoms with Gasteiger partial charge < -0.3 is 5.32 Å². The van der Waals surface area contributed by atoms with Crippen LogP contribution in [0.3, 0.4) is 0 Å². The Kier molecular flexibility index (Phi) is 4.65. The zero-order valence-electron chi connectivity index (χ0n) is 18.2. The van der Waals surface area contributed by atoms with Gasteiger partial charge in [0.25, 0.3) is 0 Å². The minimum Gasteiger partial charge on any atom is -0.348 e. The van der Waals surface area contributed by atoms with Crippen molar-refractivity contribution in [1.82, 2.24) is 24.9 Å². The molecule has 1 N–H and O–H groups in total. The predicted octanol–water partition coefficient (Wildman–Crippen LogP) is 4.36. The van der Waals surface area contributed by atoms with Gasteiger partial charge in [0.1, 0.15) is 6.54 Å². The van der Waals surface area contributed by atoms with E-state index in [4.69, 9.17) is 0 Å². The molecule has 6 nitrogen and oxygen atoms in total.